The van der Waals surface area contributed by atoms with Crippen LogP contribution in [0.2, 0.25) is 0 Å². The molecule has 0 aliphatic carbocycles. The maximum absolute atomic E-state index is 11.8. The van der Waals surface area contributed by atoms with E-state index in [9.17, 15) is 9.59 Å². The number of carboxylic acid groups (broad SMARTS) is 1. The molecule has 94 valence electrons. The van der Waals surface area contributed by atoms with E-state index in [0.29, 0.717) is 16.6 Å². The van der Waals surface area contributed by atoms with Crippen molar-refractivity contribution in [2.75, 3.05) is 6.54 Å². The van der Waals surface area contributed by atoms with Crippen LogP contribution < -0.4 is 5.32 Å². The van der Waals surface area contributed by atoms with Gasteiger partial charge in [-0.2, -0.15) is 0 Å². The molecule has 7 nitrogen and oxygen atoms in total. The molecule has 18 heavy (non-hydrogen) atoms. The van der Waals surface area contributed by atoms with Crippen LogP contribution in [0.1, 0.15) is 17.3 Å². The molecule has 1 aromatic carbocycles. The Balaban J connectivity index is 2.06. The molecular weight excluding hydrogens is 238 g/mol. The smallest absolute Gasteiger partial charge is 0.308 e. The first kappa shape index (κ1) is 12.0. The fourth-order valence-electron chi connectivity index (χ4n) is 1.36. The molecule has 0 aliphatic rings. The molecule has 1 unspecified atom stereocenters. The number of amides is 1. The quantitative estimate of drug-likeness (QED) is 0.825. The summed E-state index contributed by atoms with van der Waals surface area (Å²) in [5.74, 6) is -1.94. The number of hydrogen-bond donors (Lipinski definition) is 2. The normalized spacial score (nSPS) is 12.3. The summed E-state index contributed by atoms with van der Waals surface area (Å²) in [6, 6.07) is 4.72. The molecule has 1 aromatic heterocycles. The van der Waals surface area contributed by atoms with Gasteiger partial charge in [-0.15, -0.1) is 0 Å². The number of nitrogens with zero attached hydrogens (tertiary/aromatic N) is 2. The highest BCUT2D eigenvalue weighted by Crippen LogP contribution is 2.11. The highest BCUT2D eigenvalue weighted by molar-refractivity contribution is 5.97. The minimum atomic E-state index is -0.952. The summed E-state index contributed by atoms with van der Waals surface area (Å²) >= 11 is 0. The number of carbonyl (C=O) groups is 2. The van der Waals surface area contributed by atoms with Gasteiger partial charge in [0.2, 0.25) is 0 Å². The highest BCUT2D eigenvalue weighted by atomic mass is 16.6. The third-order valence-electron chi connectivity index (χ3n) is 2.51. The summed E-state index contributed by atoms with van der Waals surface area (Å²) in [5, 5.41) is 18.5. The summed E-state index contributed by atoms with van der Waals surface area (Å²) in [6.07, 6.45) is 0. The fourth-order valence-corrected chi connectivity index (χ4v) is 1.36. The Labute approximate surface area is 102 Å². The lowest BCUT2D eigenvalue weighted by atomic mass is 10.1. The third-order valence-corrected chi connectivity index (χ3v) is 2.51. The van der Waals surface area contributed by atoms with Crippen molar-refractivity contribution in [1.82, 2.24) is 15.6 Å². The molecule has 0 fully saturated rings. The van der Waals surface area contributed by atoms with Crippen LogP contribution in [-0.2, 0) is 4.79 Å². The number of fused-ring (bicyclic) bond motifs is 1. The largest absolute Gasteiger partial charge is 0.481 e. The van der Waals surface area contributed by atoms with Gasteiger partial charge in [0.05, 0.1) is 5.92 Å². The number of carbonyl (C=O) groups excluding carboxylic acids is 1. The Kier molecular flexibility index (Phi) is 3.22. The topological polar surface area (TPSA) is 105 Å². The van der Waals surface area contributed by atoms with Crippen molar-refractivity contribution in [3.05, 3.63) is 23.8 Å². The zero-order chi connectivity index (χ0) is 13.1. The van der Waals surface area contributed by atoms with Crippen LogP contribution in [0.3, 0.4) is 0 Å². The molecule has 0 bridgehead atoms. The monoisotopic (exact) mass is 249 g/mol. The molecule has 2 N–H and O–H groups in total. The van der Waals surface area contributed by atoms with E-state index in [1.54, 1.807) is 12.1 Å². The van der Waals surface area contributed by atoms with Crippen molar-refractivity contribution in [2.45, 2.75) is 6.92 Å². The summed E-state index contributed by atoms with van der Waals surface area (Å²) in [7, 11) is 0. The van der Waals surface area contributed by atoms with Crippen LogP contribution in [0.5, 0.6) is 0 Å². The van der Waals surface area contributed by atoms with E-state index in [4.69, 9.17) is 5.11 Å². The minimum absolute atomic E-state index is 0.0727. The molecule has 1 amide bonds. The number of aromatic nitrogens is 2. The van der Waals surface area contributed by atoms with Crippen LogP contribution in [0, 0.1) is 5.92 Å². The lowest BCUT2D eigenvalue weighted by molar-refractivity contribution is -0.140. The van der Waals surface area contributed by atoms with E-state index in [1.807, 2.05) is 0 Å². The average molecular weight is 249 g/mol. The molecule has 0 saturated carbocycles. The van der Waals surface area contributed by atoms with Gasteiger partial charge in [-0.3, -0.25) is 9.59 Å². The van der Waals surface area contributed by atoms with Gasteiger partial charge < -0.3 is 10.4 Å². The van der Waals surface area contributed by atoms with E-state index in [0.717, 1.165) is 0 Å². The summed E-state index contributed by atoms with van der Waals surface area (Å²) in [6.45, 7) is 1.59. The van der Waals surface area contributed by atoms with E-state index >= 15 is 0 Å². The standard InChI is InChI=1S/C11H11N3O4/c1-6(11(16)17)5-12-10(15)7-2-3-8-9(4-7)14-18-13-8/h2-4,6H,5H2,1H3,(H,12,15)(H,16,17). The maximum atomic E-state index is 11.8. The van der Waals surface area contributed by atoms with Crippen LogP contribution in [-0.4, -0.2) is 33.8 Å². The van der Waals surface area contributed by atoms with Gasteiger partial charge in [0, 0.05) is 12.1 Å². The van der Waals surface area contributed by atoms with Crippen LogP contribution in [0.15, 0.2) is 22.8 Å². The van der Waals surface area contributed by atoms with Crippen molar-refractivity contribution in [3.8, 4) is 0 Å². The number of hydrogen-bond acceptors (Lipinski definition) is 5. The maximum Gasteiger partial charge on any atom is 0.308 e. The Hall–Kier alpha value is -2.44. The van der Waals surface area contributed by atoms with Crippen LogP contribution in [0.4, 0.5) is 0 Å². The number of benzene rings is 1. The van der Waals surface area contributed by atoms with Gasteiger partial charge in [0.25, 0.3) is 5.91 Å². The van der Waals surface area contributed by atoms with Gasteiger partial charge in [0.1, 0.15) is 11.0 Å². The molecule has 0 saturated heterocycles. The predicted molar refractivity (Wildman–Crippen MR) is 60.9 cm³/mol. The zero-order valence-corrected chi connectivity index (χ0v) is 9.58. The fraction of sp³-hybridized carbons (Fsp3) is 0.273. The molecule has 0 spiro atoms. The van der Waals surface area contributed by atoms with Gasteiger partial charge in [-0.05, 0) is 28.5 Å². The zero-order valence-electron chi connectivity index (χ0n) is 9.58. The molecule has 0 radical (unpaired) electrons. The number of aliphatic carboxylic acids is 1. The van der Waals surface area contributed by atoms with Crippen LogP contribution >= 0.6 is 0 Å². The van der Waals surface area contributed by atoms with Crippen molar-refractivity contribution >= 4 is 22.9 Å². The Morgan fingerprint density at radius 2 is 2.11 bits per heavy atom. The number of rotatable bonds is 4. The molecule has 2 aromatic rings. The first-order valence-electron chi connectivity index (χ1n) is 5.31. The SMILES string of the molecule is CC(CNC(=O)c1ccc2nonc2c1)C(=O)O. The Bertz CT molecular complexity index is 593. The van der Waals surface area contributed by atoms with Gasteiger partial charge in [0.15, 0.2) is 0 Å². The number of nitrogens with one attached hydrogen (secondary N) is 1. The predicted octanol–water partition coefficient (Wildman–Crippen LogP) is 0.673. The lowest BCUT2D eigenvalue weighted by Crippen LogP contribution is -2.31. The molecular formula is C11H11N3O4. The molecule has 0 aliphatic heterocycles. The summed E-state index contributed by atoms with van der Waals surface area (Å²) in [4.78, 5) is 22.4. The van der Waals surface area contributed by atoms with Gasteiger partial charge >= 0.3 is 5.97 Å². The summed E-state index contributed by atoms with van der Waals surface area (Å²) in [5.41, 5.74) is 1.43. The number of carboxylic acids is 1. The Morgan fingerprint density at radius 1 is 1.39 bits per heavy atom. The second-order valence-corrected chi connectivity index (χ2v) is 3.92. The first-order valence-corrected chi connectivity index (χ1v) is 5.31. The van der Waals surface area contributed by atoms with E-state index < -0.39 is 11.9 Å². The molecule has 1 heterocycles. The summed E-state index contributed by atoms with van der Waals surface area (Å²) < 4.78 is 4.52. The van der Waals surface area contributed by atoms with Crippen molar-refractivity contribution in [2.24, 2.45) is 5.92 Å². The van der Waals surface area contributed by atoms with E-state index in [1.165, 1.54) is 13.0 Å². The molecule has 1 atom stereocenters. The van der Waals surface area contributed by atoms with E-state index in [-0.39, 0.29) is 12.5 Å². The van der Waals surface area contributed by atoms with Gasteiger partial charge in [-0.1, -0.05) is 6.92 Å². The van der Waals surface area contributed by atoms with E-state index in [2.05, 4.69) is 20.3 Å². The second-order valence-electron chi connectivity index (χ2n) is 3.92. The molecule has 2 rings (SSSR count). The minimum Gasteiger partial charge on any atom is -0.481 e. The van der Waals surface area contributed by atoms with Crippen molar-refractivity contribution in [3.63, 3.8) is 0 Å². The van der Waals surface area contributed by atoms with Crippen LogP contribution in [0.25, 0.3) is 11.0 Å². The average Bonchev–Trinajstić information content (AvgIpc) is 2.82. The van der Waals surface area contributed by atoms with Crippen molar-refractivity contribution in [1.29, 1.82) is 0 Å². The Morgan fingerprint density at radius 3 is 2.83 bits per heavy atom. The van der Waals surface area contributed by atoms with Gasteiger partial charge in [-0.25, -0.2) is 4.63 Å². The first-order chi connectivity index (χ1) is 8.58. The molecule has 7 heteroatoms. The third kappa shape index (κ3) is 2.45. The lowest BCUT2D eigenvalue weighted by Gasteiger charge is -2.08. The highest BCUT2D eigenvalue weighted by Gasteiger charge is 2.13. The van der Waals surface area contributed by atoms with Crippen molar-refractivity contribution < 1.29 is 19.3 Å². The second kappa shape index (κ2) is 4.82.